The van der Waals surface area contributed by atoms with E-state index in [2.05, 4.69) is 24.5 Å². The molecule has 10 nitrogen and oxygen atoms in total. The van der Waals surface area contributed by atoms with Gasteiger partial charge in [-0.15, -0.1) is 23.5 Å². The fourth-order valence-corrected chi connectivity index (χ4v) is 7.50. The Labute approximate surface area is 295 Å². The number of carbonyl (C=O) groups excluding carboxylic acids is 4. The van der Waals surface area contributed by atoms with E-state index in [1.54, 1.807) is 41.3 Å². The highest BCUT2D eigenvalue weighted by molar-refractivity contribution is 8.14. The van der Waals surface area contributed by atoms with Crippen molar-refractivity contribution in [1.82, 2.24) is 10.6 Å². The third kappa shape index (κ3) is 9.24. The second kappa shape index (κ2) is 17.9. The van der Waals surface area contributed by atoms with Crippen molar-refractivity contribution in [1.29, 1.82) is 0 Å². The van der Waals surface area contributed by atoms with Crippen molar-refractivity contribution < 1.29 is 33.8 Å². The maximum atomic E-state index is 14.7. The lowest BCUT2D eigenvalue weighted by molar-refractivity contribution is -0.138. The van der Waals surface area contributed by atoms with Crippen molar-refractivity contribution >= 4 is 63.7 Å². The maximum absolute atomic E-state index is 14.7. The van der Waals surface area contributed by atoms with E-state index in [1.165, 1.54) is 11.8 Å². The first kappa shape index (κ1) is 37.5. The van der Waals surface area contributed by atoms with Gasteiger partial charge in [-0.1, -0.05) is 88.1 Å². The Balaban J connectivity index is 1.65. The maximum Gasteiger partial charge on any atom is 0.305 e. The largest absolute Gasteiger partial charge is 0.483 e. The van der Waals surface area contributed by atoms with Crippen LogP contribution in [-0.2, 0) is 24.0 Å². The Kier molecular flexibility index (Phi) is 13.7. The van der Waals surface area contributed by atoms with Crippen molar-refractivity contribution in [3.63, 3.8) is 0 Å². The van der Waals surface area contributed by atoms with Crippen LogP contribution in [0.2, 0.25) is 0 Å². The quantitative estimate of drug-likeness (QED) is 0.0697. The van der Waals surface area contributed by atoms with Gasteiger partial charge in [0.2, 0.25) is 11.8 Å². The van der Waals surface area contributed by atoms with Gasteiger partial charge in [0, 0.05) is 17.1 Å². The second-order valence-electron chi connectivity index (χ2n) is 11.8. The molecule has 12 heteroatoms. The summed E-state index contributed by atoms with van der Waals surface area (Å²) < 4.78 is 6.05. The molecule has 1 aliphatic rings. The zero-order valence-corrected chi connectivity index (χ0v) is 29.8. The number of ether oxygens (including phenoxy) is 1. The SMILES string of the molecule is CCCCC1(CCCC)C(=O)[SH]c2cc(OCC(=O)N[C@@H](C(=O)NCCC(=O)O)c3ccccc3)c(SC)cc2N(c2ccccc2)C1=O. The van der Waals surface area contributed by atoms with Gasteiger partial charge < -0.3 is 20.5 Å². The fraction of sp³-hybridized carbons (Fsp3) is 0.378. The summed E-state index contributed by atoms with van der Waals surface area (Å²) >= 11 is 1.76. The normalized spacial score (nSPS) is 14.4. The number of para-hydroxylation sites is 1. The molecule has 3 N–H and O–H groups in total. The molecule has 3 aromatic rings. The highest BCUT2D eigenvalue weighted by Gasteiger charge is 2.50. The van der Waals surface area contributed by atoms with Crippen molar-refractivity contribution in [2.45, 2.75) is 74.6 Å². The van der Waals surface area contributed by atoms with Gasteiger partial charge in [0.05, 0.1) is 17.0 Å². The molecule has 0 fully saturated rings. The molecule has 0 saturated carbocycles. The molecule has 0 bridgehead atoms. The number of nitrogens with one attached hydrogen (secondary N) is 2. The van der Waals surface area contributed by atoms with Crippen LogP contribution in [-0.4, -0.2) is 53.3 Å². The number of rotatable bonds is 17. The first-order chi connectivity index (χ1) is 23.6. The summed E-state index contributed by atoms with van der Waals surface area (Å²) in [6, 6.07) is 20.5. The Morgan fingerprint density at radius 2 is 1.59 bits per heavy atom. The molecule has 0 aromatic heterocycles. The lowest BCUT2D eigenvalue weighted by atomic mass is 9.77. The second-order valence-corrected chi connectivity index (χ2v) is 13.8. The predicted octanol–water partition coefficient (Wildman–Crippen LogP) is 6.63. The molecule has 3 aromatic carbocycles. The van der Waals surface area contributed by atoms with Crippen LogP contribution < -0.4 is 20.3 Å². The smallest absolute Gasteiger partial charge is 0.305 e. The molecule has 1 atom stereocenters. The van der Waals surface area contributed by atoms with E-state index < -0.39 is 35.8 Å². The van der Waals surface area contributed by atoms with Crippen LogP contribution in [0, 0.1) is 5.41 Å². The zero-order chi connectivity index (χ0) is 35.4. The lowest BCUT2D eigenvalue weighted by Gasteiger charge is -2.34. The highest BCUT2D eigenvalue weighted by atomic mass is 32.2. The number of unbranched alkanes of at least 4 members (excludes halogenated alkanes) is 2. The van der Waals surface area contributed by atoms with Crippen molar-refractivity contribution in [2.75, 3.05) is 24.3 Å². The van der Waals surface area contributed by atoms with Gasteiger partial charge in [0.15, 0.2) is 11.7 Å². The minimum atomic E-state index is -1.17. The van der Waals surface area contributed by atoms with E-state index in [0.717, 1.165) is 25.7 Å². The van der Waals surface area contributed by atoms with Crippen LogP contribution in [0.15, 0.2) is 82.6 Å². The topological polar surface area (TPSA) is 142 Å². The number of thiol groups is 1. The molecule has 1 radical (unpaired) electrons. The molecular weight excluding hydrogens is 663 g/mol. The van der Waals surface area contributed by atoms with Gasteiger partial charge in [-0.3, -0.25) is 28.9 Å². The summed E-state index contributed by atoms with van der Waals surface area (Å²) in [5.74, 6) is -2.01. The van der Waals surface area contributed by atoms with Crippen LogP contribution in [0.1, 0.15) is 70.4 Å². The average molecular weight is 707 g/mol. The molecular formula is C37H44N3O7S2. The van der Waals surface area contributed by atoms with E-state index in [-0.39, 0.29) is 24.0 Å². The standard InChI is InChI=1S/C37H44N3O7S2/c1-4-6-19-37(20-7-5-2)35(45)40(26-16-12-9-13-17-26)27-22-30(48-3)28(23-29(27)49-36(37)46)47-24-31(41)39-33(25-14-10-8-11-15-25)34(44)38-21-18-32(42)43/h8-17,22-23,33,49H,4-7,18-21,24H2,1-3H3,(H,38,44)(H,39,41)(H,42,43)/t33-/m1/s1. The number of carboxylic acid groups (broad SMARTS) is 1. The fourth-order valence-electron chi connectivity index (χ4n) is 5.74. The molecule has 49 heavy (non-hydrogen) atoms. The van der Waals surface area contributed by atoms with Crippen molar-refractivity contribution in [3.05, 3.63) is 78.4 Å². The van der Waals surface area contributed by atoms with E-state index in [1.807, 2.05) is 42.7 Å². The van der Waals surface area contributed by atoms with Gasteiger partial charge in [-0.05, 0) is 48.9 Å². The number of benzene rings is 3. The Bertz CT molecular complexity index is 1630. The summed E-state index contributed by atoms with van der Waals surface area (Å²) in [4.78, 5) is 69.0. The van der Waals surface area contributed by atoms with E-state index >= 15 is 0 Å². The molecule has 1 heterocycles. The molecule has 261 valence electrons. The van der Waals surface area contributed by atoms with Crippen LogP contribution in [0.25, 0.3) is 0 Å². The van der Waals surface area contributed by atoms with Gasteiger partial charge in [0.25, 0.3) is 5.91 Å². The average Bonchev–Trinajstić information content (AvgIpc) is 3.19. The summed E-state index contributed by atoms with van der Waals surface area (Å²) in [5, 5.41) is 14.1. The Morgan fingerprint density at radius 3 is 2.18 bits per heavy atom. The highest BCUT2D eigenvalue weighted by Crippen LogP contribution is 2.51. The van der Waals surface area contributed by atoms with Gasteiger partial charge >= 0.3 is 5.97 Å². The predicted molar refractivity (Wildman–Crippen MR) is 194 cm³/mol. The van der Waals surface area contributed by atoms with Crippen molar-refractivity contribution in [3.8, 4) is 5.75 Å². The van der Waals surface area contributed by atoms with E-state index in [0.29, 0.717) is 57.1 Å². The first-order valence-corrected chi connectivity index (χ1v) is 18.6. The summed E-state index contributed by atoms with van der Waals surface area (Å²) in [5.41, 5.74) is 0.630. The molecule has 0 saturated heterocycles. The lowest BCUT2D eigenvalue weighted by Crippen LogP contribution is -2.45. The third-order valence-corrected chi connectivity index (χ3v) is 10.4. The summed E-state index contributed by atoms with van der Waals surface area (Å²) in [6.45, 7) is 3.59. The van der Waals surface area contributed by atoms with Gasteiger partial charge in [-0.2, -0.15) is 0 Å². The Hall–Kier alpha value is -4.29. The minimum Gasteiger partial charge on any atom is -0.483 e. The summed E-state index contributed by atoms with van der Waals surface area (Å²) in [7, 11) is 0. The number of fused-ring (bicyclic) bond motifs is 1. The number of nitrogens with zero attached hydrogens (tertiary/aromatic N) is 1. The number of amides is 3. The summed E-state index contributed by atoms with van der Waals surface area (Å²) in [6.07, 6.45) is 5.75. The number of aliphatic carboxylic acids is 1. The number of carbonyl (C=O) groups is 5. The molecule has 3 amide bonds. The van der Waals surface area contributed by atoms with Gasteiger partial charge in [-0.25, -0.2) is 0 Å². The molecule has 1 aliphatic heterocycles. The van der Waals surface area contributed by atoms with Crippen LogP contribution in [0.4, 0.5) is 11.4 Å². The van der Waals surface area contributed by atoms with Crippen LogP contribution in [0.5, 0.6) is 5.75 Å². The van der Waals surface area contributed by atoms with Gasteiger partial charge in [0.1, 0.15) is 17.2 Å². The van der Waals surface area contributed by atoms with Crippen LogP contribution >= 0.6 is 23.5 Å². The van der Waals surface area contributed by atoms with Crippen molar-refractivity contribution in [2.24, 2.45) is 5.41 Å². The molecule has 0 aliphatic carbocycles. The monoisotopic (exact) mass is 706 g/mol. The minimum absolute atomic E-state index is 0.0886. The number of carboxylic acids is 1. The zero-order valence-electron chi connectivity index (χ0n) is 28.1. The number of anilines is 2. The first-order valence-electron chi connectivity index (χ1n) is 16.5. The number of thioether (sulfide) groups is 1. The van der Waals surface area contributed by atoms with E-state index in [9.17, 15) is 24.0 Å². The van der Waals surface area contributed by atoms with Crippen LogP contribution in [0.3, 0.4) is 0 Å². The third-order valence-electron chi connectivity index (χ3n) is 8.37. The molecule has 0 unspecified atom stereocenters. The Morgan fingerprint density at radius 1 is 0.959 bits per heavy atom. The number of hydrogen-bond donors (Lipinski definition) is 4. The van der Waals surface area contributed by atoms with E-state index in [4.69, 9.17) is 9.84 Å². The molecule has 0 spiro atoms. The number of hydrogen-bond acceptors (Lipinski definition) is 7. The molecule has 4 rings (SSSR count).